The lowest BCUT2D eigenvalue weighted by Gasteiger charge is -2.11. The Balaban J connectivity index is 1.46. The number of carbonyl (C=O) groups excluding carboxylic acids is 2. The van der Waals surface area contributed by atoms with E-state index in [9.17, 15) is 9.59 Å². The summed E-state index contributed by atoms with van der Waals surface area (Å²) in [6.45, 7) is 0. The van der Waals surface area contributed by atoms with Gasteiger partial charge >= 0.3 is 5.97 Å². The van der Waals surface area contributed by atoms with Crippen molar-refractivity contribution < 1.29 is 14.3 Å². The molecule has 5 aromatic rings. The summed E-state index contributed by atoms with van der Waals surface area (Å²) in [7, 11) is 0. The molecule has 0 saturated heterocycles. The minimum Gasteiger partial charge on any atom is -0.421 e. The van der Waals surface area contributed by atoms with Crippen LogP contribution in [0.5, 0.6) is 5.75 Å². The van der Waals surface area contributed by atoms with E-state index < -0.39 is 11.9 Å². The molecule has 11 heteroatoms. The largest absolute Gasteiger partial charge is 0.421 e. The van der Waals surface area contributed by atoms with Crippen molar-refractivity contribution in [2.75, 3.05) is 0 Å². The van der Waals surface area contributed by atoms with Gasteiger partial charge in [-0.2, -0.15) is 5.10 Å². The first-order valence-electron chi connectivity index (χ1n) is 11.6. The standard InChI is InChI=1S/C29H16Br2Cl2IN3O3/c30-17-12-16(27(21(31)13-17)40-29(39)15-8-10-18(32)11-9-15)14-35-37-28(38)26-24(19-4-1-2-6-22(19)33)20-5-3-7-23(34)25(20)36-26/h1-14,36H,(H,37,38). The summed E-state index contributed by atoms with van der Waals surface area (Å²) in [5, 5.41) is 6.06. The molecule has 4 aromatic carbocycles. The molecule has 1 amide bonds. The molecule has 1 heterocycles. The van der Waals surface area contributed by atoms with Gasteiger partial charge in [0.2, 0.25) is 0 Å². The van der Waals surface area contributed by atoms with Crippen LogP contribution >= 0.6 is 77.7 Å². The second-order valence-corrected chi connectivity index (χ2v) is 12.2. The number of benzene rings is 4. The molecule has 6 nitrogen and oxygen atoms in total. The third-order valence-electron chi connectivity index (χ3n) is 5.83. The average Bonchev–Trinajstić information content (AvgIpc) is 3.32. The van der Waals surface area contributed by atoms with Gasteiger partial charge in [-0.15, -0.1) is 0 Å². The van der Waals surface area contributed by atoms with Crippen LogP contribution in [0.3, 0.4) is 0 Å². The van der Waals surface area contributed by atoms with Gasteiger partial charge in [-0.1, -0.05) is 69.5 Å². The molecular weight excluding hydrogens is 796 g/mol. The Hall–Kier alpha value is -2.70. The van der Waals surface area contributed by atoms with Crippen LogP contribution < -0.4 is 10.2 Å². The zero-order valence-electron chi connectivity index (χ0n) is 20.1. The number of aromatic amines is 1. The molecule has 0 aliphatic rings. The van der Waals surface area contributed by atoms with Gasteiger partial charge < -0.3 is 9.72 Å². The van der Waals surface area contributed by atoms with E-state index in [0.717, 1.165) is 20.0 Å². The maximum atomic E-state index is 13.4. The number of hydrogen-bond donors (Lipinski definition) is 2. The smallest absolute Gasteiger partial charge is 0.343 e. The molecule has 0 unspecified atom stereocenters. The predicted molar refractivity (Wildman–Crippen MR) is 175 cm³/mol. The SMILES string of the molecule is O=C(Oc1c(Br)cc(Br)cc1C=NNC(=O)c1[nH]c2c(I)cccc2c1-c1ccccc1Cl)c1ccc(Cl)cc1. The summed E-state index contributed by atoms with van der Waals surface area (Å²) in [6, 6.07) is 23.0. The lowest BCUT2D eigenvalue weighted by molar-refractivity contribution is 0.0733. The van der Waals surface area contributed by atoms with Gasteiger partial charge in [0.1, 0.15) is 5.69 Å². The van der Waals surface area contributed by atoms with Crippen molar-refractivity contribution in [3.63, 3.8) is 0 Å². The van der Waals surface area contributed by atoms with Crippen LogP contribution in [0.2, 0.25) is 10.0 Å². The number of nitrogens with zero attached hydrogens (tertiary/aromatic N) is 1. The summed E-state index contributed by atoms with van der Waals surface area (Å²) in [6.07, 6.45) is 1.40. The van der Waals surface area contributed by atoms with Crippen molar-refractivity contribution in [3.8, 4) is 16.9 Å². The Kier molecular flexibility index (Phi) is 8.96. The molecular formula is C29H16Br2Cl2IN3O3. The van der Waals surface area contributed by atoms with Gasteiger partial charge in [-0.05, 0) is 87.1 Å². The van der Waals surface area contributed by atoms with Crippen molar-refractivity contribution >= 4 is 107 Å². The maximum Gasteiger partial charge on any atom is 0.343 e. The van der Waals surface area contributed by atoms with E-state index in [0.29, 0.717) is 41.4 Å². The number of hydrazone groups is 1. The average molecular weight is 812 g/mol. The monoisotopic (exact) mass is 809 g/mol. The first-order valence-corrected chi connectivity index (χ1v) is 15.0. The fourth-order valence-electron chi connectivity index (χ4n) is 4.03. The lowest BCUT2D eigenvalue weighted by Crippen LogP contribution is -2.19. The predicted octanol–water partition coefficient (Wildman–Crippen LogP) is 9.25. The van der Waals surface area contributed by atoms with Crippen molar-refractivity contribution in [1.82, 2.24) is 10.4 Å². The molecule has 0 spiro atoms. The number of para-hydroxylation sites is 1. The highest BCUT2D eigenvalue weighted by Crippen LogP contribution is 2.38. The molecule has 40 heavy (non-hydrogen) atoms. The zero-order chi connectivity index (χ0) is 28.4. The molecule has 0 aliphatic carbocycles. The van der Waals surface area contributed by atoms with Gasteiger partial charge in [0.15, 0.2) is 5.75 Å². The summed E-state index contributed by atoms with van der Waals surface area (Å²) >= 11 is 21.6. The molecule has 0 fully saturated rings. The molecule has 0 radical (unpaired) electrons. The number of ether oxygens (including phenoxy) is 1. The molecule has 1 aromatic heterocycles. The maximum absolute atomic E-state index is 13.4. The Morgan fingerprint density at radius 3 is 2.48 bits per heavy atom. The number of rotatable bonds is 6. The second-order valence-electron chi connectivity index (χ2n) is 8.42. The number of hydrogen-bond acceptors (Lipinski definition) is 4. The highest BCUT2D eigenvalue weighted by molar-refractivity contribution is 14.1. The fourth-order valence-corrected chi connectivity index (χ4v) is 6.36. The fraction of sp³-hybridized carbons (Fsp3) is 0. The van der Waals surface area contributed by atoms with E-state index >= 15 is 0 Å². The van der Waals surface area contributed by atoms with Crippen molar-refractivity contribution in [3.05, 3.63) is 118 Å². The van der Waals surface area contributed by atoms with Crippen molar-refractivity contribution in [1.29, 1.82) is 0 Å². The zero-order valence-corrected chi connectivity index (χ0v) is 27.0. The van der Waals surface area contributed by atoms with Crippen molar-refractivity contribution in [2.24, 2.45) is 5.10 Å². The summed E-state index contributed by atoms with van der Waals surface area (Å²) in [5.41, 5.74) is 5.89. The number of carbonyl (C=O) groups is 2. The molecule has 0 atom stereocenters. The quantitative estimate of drug-likeness (QED) is 0.0590. The number of esters is 1. The van der Waals surface area contributed by atoms with Crippen molar-refractivity contribution in [2.45, 2.75) is 0 Å². The number of amides is 1. The summed E-state index contributed by atoms with van der Waals surface area (Å²) in [5.74, 6) is -0.805. The number of fused-ring (bicyclic) bond motifs is 1. The van der Waals surface area contributed by atoms with Crippen LogP contribution in [0.25, 0.3) is 22.0 Å². The van der Waals surface area contributed by atoms with E-state index in [-0.39, 0.29) is 5.75 Å². The van der Waals surface area contributed by atoms with E-state index in [1.807, 2.05) is 36.4 Å². The Morgan fingerprint density at radius 2 is 1.73 bits per heavy atom. The topological polar surface area (TPSA) is 83.5 Å². The van der Waals surface area contributed by atoms with Gasteiger partial charge in [-0.25, -0.2) is 10.2 Å². The van der Waals surface area contributed by atoms with E-state index in [2.05, 4.69) is 70.0 Å². The first kappa shape index (κ1) is 28.8. The molecule has 2 N–H and O–H groups in total. The Morgan fingerprint density at radius 1 is 0.975 bits per heavy atom. The van der Waals surface area contributed by atoms with Gasteiger partial charge in [0.25, 0.3) is 5.91 Å². The minimum absolute atomic E-state index is 0.234. The summed E-state index contributed by atoms with van der Waals surface area (Å²) in [4.78, 5) is 29.4. The van der Waals surface area contributed by atoms with Crippen LogP contribution in [0.1, 0.15) is 26.4 Å². The lowest BCUT2D eigenvalue weighted by atomic mass is 10.0. The normalized spacial score (nSPS) is 11.2. The molecule has 5 rings (SSSR count). The third kappa shape index (κ3) is 6.13. The Bertz CT molecular complexity index is 1810. The van der Waals surface area contributed by atoms with E-state index in [1.54, 1.807) is 42.5 Å². The van der Waals surface area contributed by atoms with Crippen LogP contribution in [0.15, 0.2) is 92.9 Å². The molecule has 0 saturated carbocycles. The van der Waals surface area contributed by atoms with Gasteiger partial charge in [0.05, 0.1) is 21.8 Å². The highest BCUT2D eigenvalue weighted by atomic mass is 127. The van der Waals surface area contributed by atoms with Gasteiger partial charge in [0, 0.05) is 40.2 Å². The van der Waals surface area contributed by atoms with Crippen LogP contribution in [-0.2, 0) is 0 Å². The minimum atomic E-state index is -0.574. The molecule has 200 valence electrons. The third-order valence-corrected chi connectivity index (χ3v) is 8.36. The number of nitrogens with one attached hydrogen (secondary N) is 2. The van der Waals surface area contributed by atoms with Crippen LogP contribution in [0, 0.1) is 3.57 Å². The number of H-pyrrole nitrogens is 1. The van der Waals surface area contributed by atoms with E-state index in [4.69, 9.17) is 27.9 Å². The van der Waals surface area contributed by atoms with E-state index in [1.165, 1.54) is 6.21 Å². The molecule has 0 bridgehead atoms. The van der Waals surface area contributed by atoms with Gasteiger partial charge in [-0.3, -0.25) is 4.79 Å². The van der Waals surface area contributed by atoms with Crippen LogP contribution in [-0.4, -0.2) is 23.1 Å². The Labute approximate surface area is 269 Å². The summed E-state index contributed by atoms with van der Waals surface area (Å²) < 4.78 is 7.85. The number of halogens is 5. The first-order chi connectivity index (χ1) is 19.2. The highest BCUT2D eigenvalue weighted by Gasteiger charge is 2.22. The van der Waals surface area contributed by atoms with Crippen LogP contribution in [0.4, 0.5) is 0 Å². The second kappa shape index (κ2) is 12.4. The molecule has 0 aliphatic heterocycles. The number of aromatic nitrogens is 1.